The summed E-state index contributed by atoms with van der Waals surface area (Å²) in [6.07, 6.45) is -0.190. The van der Waals surface area contributed by atoms with E-state index in [9.17, 15) is 9.59 Å². The first-order valence-corrected chi connectivity index (χ1v) is 10.8. The second-order valence-electron chi connectivity index (χ2n) is 7.09. The number of benzene rings is 3. The molecule has 0 saturated heterocycles. The van der Waals surface area contributed by atoms with E-state index in [0.717, 1.165) is 21.0 Å². The number of fused-ring (bicyclic) bond motifs is 2. The predicted molar refractivity (Wildman–Crippen MR) is 128 cm³/mol. The van der Waals surface area contributed by atoms with Crippen LogP contribution in [0.5, 0.6) is 0 Å². The number of ether oxygens (including phenoxy) is 1. The van der Waals surface area contributed by atoms with Crippen molar-refractivity contribution in [1.29, 1.82) is 0 Å². The number of aromatic nitrogens is 1. The van der Waals surface area contributed by atoms with Crippen molar-refractivity contribution in [2.45, 2.75) is 20.0 Å². The SMILES string of the molecule is CC(C)OC(=O)c1ccc2nc(NC(=S)NC(=O)c3cccc4ccccc34)sc2c1. The first-order chi connectivity index (χ1) is 14.9. The highest BCUT2D eigenvalue weighted by molar-refractivity contribution is 7.80. The molecule has 156 valence electrons. The molecule has 0 aliphatic carbocycles. The molecule has 1 amide bonds. The van der Waals surface area contributed by atoms with E-state index in [1.165, 1.54) is 11.3 Å². The Morgan fingerprint density at radius 3 is 2.65 bits per heavy atom. The fourth-order valence-corrected chi connectivity index (χ4v) is 4.27. The second kappa shape index (κ2) is 8.79. The van der Waals surface area contributed by atoms with Crippen molar-refractivity contribution in [3.8, 4) is 0 Å². The summed E-state index contributed by atoms with van der Waals surface area (Å²) in [4.78, 5) is 29.3. The fourth-order valence-electron chi connectivity index (χ4n) is 3.11. The number of carbonyl (C=O) groups is 2. The van der Waals surface area contributed by atoms with Gasteiger partial charge in [0.25, 0.3) is 5.91 Å². The second-order valence-corrected chi connectivity index (χ2v) is 8.53. The Hall–Kier alpha value is -3.36. The van der Waals surface area contributed by atoms with Gasteiger partial charge >= 0.3 is 5.97 Å². The Morgan fingerprint density at radius 2 is 1.84 bits per heavy atom. The third-order valence-corrected chi connectivity index (χ3v) is 5.59. The maximum Gasteiger partial charge on any atom is 0.338 e. The van der Waals surface area contributed by atoms with Crippen molar-refractivity contribution in [3.63, 3.8) is 0 Å². The van der Waals surface area contributed by atoms with Crippen LogP contribution in [-0.4, -0.2) is 28.1 Å². The lowest BCUT2D eigenvalue weighted by molar-refractivity contribution is 0.0378. The lowest BCUT2D eigenvalue weighted by Crippen LogP contribution is -2.34. The van der Waals surface area contributed by atoms with Crippen molar-refractivity contribution < 1.29 is 14.3 Å². The molecule has 4 aromatic rings. The molecule has 4 rings (SSSR count). The van der Waals surface area contributed by atoms with Gasteiger partial charge in [0.1, 0.15) is 0 Å². The standard InChI is InChI=1S/C23H19N3O3S2/c1-13(2)29-21(28)15-10-11-18-19(12-15)31-23(24-18)26-22(30)25-20(27)17-9-5-7-14-6-3-4-8-16(14)17/h3-13H,1-2H3,(H2,24,25,26,27,30). The Balaban J connectivity index is 1.48. The molecular weight excluding hydrogens is 430 g/mol. The van der Waals surface area contributed by atoms with Crippen LogP contribution in [0.4, 0.5) is 5.13 Å². The summed E-state index contributed by atoms with van der Waals surface area (Å²) in [5.41, 5.74) is 1.72. The minimum Gasteiger partial charge on any atom is -0.459 e. The van der Waals surface area contributed by atoms with Crippen molar-refractivity contribution in [3.05, 3.63) is 71.8 Å². The van der Waals surface area contributed by atoms with Crippen LogP contribution >= 0.6 is 23.6 Å². The Bertz CT molecular complexity index is 1310. The van der Waals surface area contributed by atoms with E-state index in [-0.39, 0.29) is 23.1 Å². The number of hydrogen-bond donors (Lipinski definition) is 2. The molecule has 0 atom stereocenters. The molecule has 0 saturated carbocycles. The number of rotatable bonds is 4. The number of thiocarbonyl (C=S) groups is 1. The molecule has 3 aromatic carbocycles. The quantitative estimate of drug-likeness (QED) is 0.332. The molecule has 0 fully saturated rings. The van der Waals surface area contributed by atoms with Crippen molar-refractivity contribution in [1.82, 2.24) is 10.3 Å². The zero-order valence-corrected chi connectivity index (χ0v) is 18.5. The van der Waals surface area contributed by atoms with E-state index in [0.29, 0.717) is 16.3 Å². The molecule has 1 aromatic heterocycles. The molecule has 0 unspecified atom stereocenters. The first kappa shape index (κ1) is 20.9. The molecule has 1 heterocycles. The third-order valence-electron chi connectivity index (χ3n) is 4.45. The summed E-state index contributed by atoms with van der Waals surface area (Å²) in [6, 6.07) is 18.4. The van der Waals surface area contributed by atoms with Gasteiger partial charge in [-0.1, -0.05) is 47.7 Å². The van der Waals surface area contributed by atoms with Crippen LogP contribution in [0.1, 0.15) is 34.6 Å². The van der Waals surface area contributed by atoms with E-state index >= 15 is 0 Å². The largest absolute Gasteiger partial charge is 0.459 e. The summed E-state index contributed by atoms with van der Waals surface area (Å²) in [6.45, 7) is 3.61. The van der Waals surface area contributed by atoms with Crippen LogP contribution < -0.4 is 10.6 Å². The highest BCUT2D eigenvalue weighted by atomic mass is 32.1. The van der Waals surface area contributed by atoms with E-state index in [1.807, 2.05) is 36.4 Å². The van der Waals surface area contributed by atoms with Crippen molar-refractivity contribution in [2.75, 3.05) is 5.32 Å². The molecule has 6 nitrogen and oxygen atoms in total. The molecule has 0 radical (unpaired) electrons. The number of nitrogens with zero attached hydrogens (tertiary/aromatic N) is 1. The normalized spacial score (nSPS) is 10.9. The van der Waals surface area contributed by atoms with Crippen LogP contribution in [0.15, 0.2) is 60.7 Å². The van der Waals surface area contributed by atoms with Gasteiger partial charge in [0.15, 0.2) is 10.2 Å². The molecule has 0 aliphatic heterocycles. The number of carbonyl (C=O) groups excluding carboxylic acids is 2. The molecule has 31 heavy (non-hydrogen) atoms. The molecule has 0 bridgehead atoms. The molecular formula is C23H19N3O3S2. The summed E-state index contributed by atoms with van der Waals surface area (Å²) in [5.74, 6) is -0.674. The zero-order chi connectivity index (χ0) is 22.0. The van der Waals surface area contributed by atoms with E-state index < -0.39 is 0 Å². The van der Waals surface area contributed by atoms with Crippen LogP contribution in [0.3, 0.4) is 0 Å². The van der Waals surface area contributed by atoms with Gasteiger partial charge in [-0.05, 0) is 61.1 Å². The number of nitrogens with one attached hydrogen (secondary N) is 2. The number of thiazole rings is 1. The van der Waals surface area contributed by atoms with E-state index in [1.54, 1.807) is 38.1 Å². The summed E-state index contributed by atoms with van der Waals surface area (Å²) >= 11 is 6.64. The lowest BCUT2D eigenvalue weighted by atomic mass is 10.0. The zero-order valence-electron chi connectivity index (χ0n) is 16.8. The van der Waals surface area contributed by atoms with Crippen LogP contribution in [-0.2, 0) is 4.74 Å². The summed E-state index contributed by atoms with van der Waals surface area (Å²) in [5, 5.41) is 8.16. The number of anilines is 1. The predicted octanol–water partition coefficient (Wildman–Crippen LogP) is 5.14. The molecule has 0 aliphatic rings. The average molecular weight is 450 g/mol. The smallest absolute Gasteiger partial charge is 0.338 e. The third kappa shape index (κ3) is 4.70. The number of amides is 1. The Kier molecular flexibility index (Phi) is 5.92. The average Bonchev–Trinajstić information content (AvgIpc) is 3.13. The van der Waals surface area contributed by atoms with Crippen LogP contribution in [0.2, 0.25) is 0 Å². The molecule has 0 spiro atoms. The van der Waals surface area contributed by atoms with Gasteiger partial charge in [0.2, 0.25) is 0 Å². The van der Waals surface area contributed by atoms with Crippen LogP contribution in [0, 0.1) is 0 Å². The van der Waals surface area contributed by atoms with Crippen molar-refractivity contribution >= 4 is 66.7 Å². The van der Waals surface area contributed by atoms with Gasteiger partial charge in [0, 0.05) is 5.56 Å². The Labute approximate surface area is 188 Å². The fraction of sp³-hybridized carbons (Fsp3) is 0.130. The Morgan fingerprint density at radius 1 is 1.06 bits per heavy atom. The van der Waals surface area contributed by atoms with Crippen LogP contribution in [0.25, 0.3) is 21.0 Å². The maximum absolute atomic E-state index is 12.7. The lowest BCUT2D eigenvalue weighted by Gasteiger charge is -2.09. The van der Waals surface area contributed by atoms with Gasteiger partial charge in [-0.2, -0.15) is 0 Å². The van der Waals surface area contributed by atoms with Gasteiger partial charge in [-0.3, -0.25) is 10.1 Å². The van der Waals surface area contributed by atoms with Gasteiger partial charge in [0.05, 0.1) is 21.9 Å². The van der Waals surface area contributed by atoms with E-state index in [2.05, 4.69) is 15.6 Å². The number of esters is 1. The molecule has 8 heteroatoms. The summed E-state index contributed by atoms with van der Waals surface area (Å²) in [7, 11) is 0. The maximum atomic E-state index is 12.7. The minimum absolute atomic E-state index is 0.149. The summed E-state index contributed by atoms with van der Waals surface area (Å²) < 4.78 is 6.04. The topological polar surface area (TPSA) is 80.3 Å². The van der Waals surface area contributed by atoms with Gasteiger partial charge in [-0.15, -0.1) is 0 Å². The van der Waals surface area contributed by atoms with Gasteiger partial charge in [-0.25, -0.2) is 9.78 Å². The molecule has 2 N–H and O–H groups in total. The number of hydrogen-bond acceptors (Lipinski definition) is 6. The van der Waals surface area contributed by atoms with Gasteiger partial charge < -0.3 is 10.1 Å². The van der Waals surface area contributed by atoms with Crippen molar-refractivity contribution in [2.24, 2.45) is 0 Å². The highest BCUT2D eigenvalue weighted by Crippen LogP contribution is 2.27. The highest BCUT2D eigenvalue weighted by Gasteiger charge is 2.14. The van der Waals surface area contributed by atoms with E-state index in [4.69, 9.17) is 17.0 Å². The first-order valence-electron chi connectivity index (χ1n) is 9.62. The minimum atomic E-state index is -0.377. The monoisotopic (exact) mass is 449 g/mol.